The third-order valence-corrected chi connectivity index (χ3v) is 4.77. The molecule has 5 heteroatoms. The van der Waals surface area contributed by atoms with Gasteiger partial charge in [0.2, 0.25) is 17.7 Å². The van der Waals surface area contributed by atoms with Gasteiger partial charge in [0.25, 0.3) is 0 Å². The van der Waals surface area contributed by atoms with E-state index in [0.717, 1.165) is 25.7 Å². The Bertz CT molecular complexity index is 486. The van der Waals surface area contributed by atoms with Crippen LogP contribution in [-0.2, 0) is 14.4 Å². The Hall–Kier alpha value is -1.39. The number of imide groups is 1. The second kappa shape index (κ2) is 8.81. The summed E-state index contributed by atoms with van der Waals surface area (Å²) in [7, 11) is 0. The van der Waals surface area contributed by atoms with E-state index in [0.29, 0.717) is 25.9 Å². The lowest BCUT2D eigenvalue weighted by Crippen LogP contribution is -2.34. The van der Waals surface area contributed by atoms with Crippen molar-refractivity contribution >= 4 is 17.7 Å². The minimum Gasteiger partial charge on any atom is -0.356 e. The predicted octanol–water partition coefficient (Wildman–Crippen LogP) is 3.52. The largest absolute Gasteiger partial charge is 0.356 e. The maximum Gasteiger partial charge on any atom is 0.233 e. The van der Waals surface area contributed by atoms with Gasteiger partial charge in [-0.3, -0.25) is 19.3 Å². The van der Waals surface area contributed by atoms with Crippen LogP contribution >= 0.6 is 0 Å². The first-order valence-corrected chi connectivity index (χ1v) is 9.53. The molecule has 1 aliphatic rings. The Kier molecular flexibility index (Phi) is 7.63. The Labute approximate surface area is 152 Å². The van der Waals surface area contributed by atoms with Gasteiger partial charge in [0.05, 0.1) is 5.92 Å². The number of unbranched alkanes of at least 4 members (excludes halogenated alkanes) is 2. The zero-order valence-corrected chi connectivity index (χ0v) is 16.9. The SMILES string of the molecule is CC(C)(C)CCNC(=O)CCCCCN1C(=O)CC(C(C)(C)C)C1=O. The van der Waals surface area contributed by atoms with Crippen LogP contribution in [0.15, 0.2) is 0 Å². The smallest absolute Gasteiger partial charge is 0.233 e. The molecule has 3 amide bonds. The Morgan fingerprint density at radius 2 is 1.72 bits per heavy atom. The van der Waals surface area contributed by atoms with Crippen LogP contribution in [0.25, 0.3) is 0 Å². The molecule has 0 aromatic heterocycles. The molecular formula is C20H36N2O3. The maximum atomic E-state index is 12.4. The number of amides is 3. The second-order valence-corrected chi connectivity index (χ2v) is 9.48. The summed E-state index contributed by atoms with van der Waals surface area (Å²) in [4.78, 5) is 37.6. The number of likely N-dealkylation sites (tertiary alicyclic amines) is 1. The highest BCUT2D eigenvalue weighted by Crippen LogP contribution is 2.35. The van der Waals surface area contributed by atoms with Crippen LogP contribution in [0.4, 0.5) is 0 Å². The zero-order valence-electron chi connectivity index (χ0n) is 16.9. The van der Waals surface area contributed by atoms with E-state index < -0.39 is 0 Å². The number of carbonyl (C=O) groups is 3. The highest BCUT2D eigenvalue weighted by atomic mass is 16.2. The van der Waals surface area contributed by atoms with Crippen molar-refractivity contribution in [1.29, 1.82) is 0 Å². The first kappa shape index (κ1) is 21.7. The Morgan fingerprint density at radius 3 is 2.24 bits per heavy atom. The van der Waals surface area contributed by atoms with Gasteiger partial charge >= 0.3 is 0 Å². The lowest BCUT2D eigenvalue weighted by Gasteiger charge is -2.24. The first-order chi connectivity index (χ1) is 11.4. The Morgan fingerprint density at radius 1 is 1.08 bits per heavy atom. The van der Waals surface area contributed by atoms with Crippen molar-refractivity contribution in [3.05, 3.63) is 0 Å². The number of hydrogen-bond donors (Lipinski definition) is 1. The van der Waals surface area contributed by atoms with Crippen molar-refractivity contribution in [1.82, 2.24) is 10.2 Å². The van der Waals surface area contributed by atoms with Crippen LogP contribution in [0.3, 0.4) is 0 Å². The van der Waals surface area contributed by atoms with E-state index in [1.54, 1.807) is 0 Å². The van der Waals surface area contributed by atoms with E-state index in [2.05, 4.69) is 26.1 Å². The molecule has 0 bridgehead atoms. The van der Waals surface area contributed by atoms with Crippen molar-refractivity contribution in [3.63, 3.8) is 0 Å². The van der Waals surface area contributed by atoms with Crippen LogP contribution in [0, 0.1) is 16.7 Å². The molecule has 25 heavy (non-hydrogen) atoms. The molecule has 0 spiro atoms. The molecule has 0 aliphatic carbocycles. The number of carbonyl (C=O) groups excluding carboxylic acids is 3. The van der Waals surface area contributed by atoms with E-state index in [-0.39, 0.29) is 34.5 Å². The van der Waals surface area contributed by atoms with Gasteiger partial charge in [-0.1, -0.05) is 48.0 Å². The molecule has 0 radical (unpaired) electrons. The van der Waals surface area contributed by atoms with Gasteiger partial charge in [0.15, 0.2) is 0 Å². The summed E-state index contributed by atoms with van der Waals surface area (Å²) in [5.41, 5.74) is 0.0552. The van der Waals surface area contributed by atoms with Gasteiger partial charge in [0.1, 0.15) is 0 Å². The lowest BCUT2D eigenvalue weighted by atomic mass is 9.80. The molecule has 0 aromatic carbocycles. The van der Waals surface area contributed by atoms with E-state index >= 15 is 0 Å². The highest BCUT2D eigenvalue weighted by Gasteiger charge is 2.44. The summed E-state index contributed by atoms with van der Waals surface area (Å²) < 4.78 is 0. The Balaban J connectivity index is 2.20. The third-order valence-electron chi connectivity index (χ3n) is 4.77. The molecule has 5 nitrogen and oxygen atoms in total. The average Bonchev–Trinajstić information content (AvgIpc) is 2.73. The molecule has 1 heterocycles. The molecule has 0 saturated carbocycles. The fourth-order valence-electron chi connectivity index (χ4n) is 2.99. The molecule has 1 unspecified atom stereocenters. The first-order valence-electron chi connectivity index (χ1n) is 9.53. The molecule has 0 aromatic rings. The monoisotopic (exact) mass is 352 g/mol. The quantitative estimate of drug-likeness (QED) is 0.537. The third kappa shape index (κ3) is 7.57. The van der Waals surface area contributed by atoms with E-state index in [4.69, 9.17) is 0 Å². The van der Waals surface area contributed by atoms with Gasteiger partial charge in [-0.15, -0.1) is 0 Å². The molecule has 1 rings (SSSR count). The van der Waals surface area contributed by atoms with Crippen LogP contribution in [-0.4, -0.2) is 35.7 Å². The van der Waals surface area contributed by atoms with Crippen LogP contribution in [0.5, 0.6) is 0 Å². The summed E-state index contributed by atoms with van der Waals surface area (Å²) >= 11 is 0. The minimum atomic E-state index is -0.200. The number of nitrogens with zero attached hydrogens (tertiary/aromatic N) is 1. The van der Waals surface area contributed by atoms with Crippen molar-refractivity contribution in [2.75, 3.05) is 13.1 Å². The average molecular weight is 353 g/mol. The lowest BCUT2D eigenvalue weighted by molar-refractivity contribution is -0.140. The topological polar surface area (TPSA) is 66.5 Å². The van der Waals surface area contributed by atoms with Crippen LogP contribution < -0.4 is 5.32 Å². The summed E-state index contributed by atoms with van der Waals surface area (Å²) in [6.07, 6.45) is 4.22. The molecule has 1 aliphatic heterocycles. The fraction of sp³-hybridized carbons (Fsp3) is 0.850. The zero-order chi connectivity index (χ0) is 19.3. The van der Waals surface area contributed by atoms with Gasteiger partial charge in [-0.2, -0.15) is 0 Å². The van der Waals surface area contributed by atoms with Crippen molar-refractivity contribution in [2.24, 2.45) is 16.7 Å². The maximum absolute atomic E-state index is 12.4. The molecule has 144 valence electrons. The minimum absolute atomic E-state index is 0.0302. The van der Waals surface area contributed by atoms with Gasteiger partial charge in [-0.25, -0.2) is 0 Å². The van der Waals surface area contributed by atoms with E-state index in [1.807, 2.05) is 20.8 Å². The summed E-state index contributed by atoms with van der Waals surface area (Å²) in [6, 6.07) is 0. The standard InChI is InChI=1S/C20H36N2O3/c1-19(2,3)11-12-21-16(23)10-8-7-9-13-22-17(24)14-15(18(22)25)20(4,5)6/h15H,7-14H2,1-6H3,(H,21,23). The molecule has 1 saturated heterocycles. The van der Waals surface area contributed by atoms with Gasteiger partial charge in [0, 0.05) is 25.9 Å². The molecular weight excluding hydrogens is 316 g/mol. The van der Waals surface area contributed by atoms with E-state index in [9.17, 15) is 14.4 Å². The predicted molar refractivity (Wildman–Crippen MR) is 99.8 cm³/mol. The van der Waals surface area contributed by atoms with Crippen molar-refractivity contribution < 1.29 is 14.4 Å². The van der Waals surface area contributed by atoms with Gasteiger partial charge < -0.3 is 5.32 Å². The van der Waals surface area contributed by atoms with Crippen molar-refractivity contribution in [2.45, 2.75) is 80.1 Å². The van der Waals surface area contributed by atoms with Gasteiger partial charge in [-0.05, 0) is 30.1 Å². The van der Waals surface area contributed by atoms with Crippen LogP contribution in [0.1, 0.15) is 80.1 Å². The molecule has 1 fully saturated rings. The second-order valence-electron chi connectivity index (χ2n) is 9.48. The fourth-order valence-corrected chi connectivity index (χ4v) is 2.99. The van der Waals surface area contributed by atoms with Crippen molar-refractivity contribution in [3.8, 4) is 0 Å². The summed E-state index contributed by atoms with van der Waals surface area (Å²) in [6.45, 7) is 13.7. The molecule has 1 N–H and O–H groups in total. The highest BCUT2D eigenvalue weighted by molar-refractivity contribution is 6.03. The normalized spacial score (nSPS) is 18.8. The molecule has 1 atom stereocenters. The number of hydrogen-bond acceptors (Lipinski definition) is 3. The van der Waals surface area contributed by atoms with E-state index in [1.165, 1.54) is 4.90 Å². The summed E-state index contributed by atoms with van der Waals surface area (Å²) in [5, 5.41) is 2.95. The number of nitrogens with one attached hydrogen (secondary N) is 1. The number of rotatable bonds is 8. The van der Waals surface area contributed by atoms with Crippen LogP contribution in [0.2, 0.25) is 0 Å². The summed E-state index contributed by atoms with van der Waals surface area (Å²) in [5.74, 6) is -0.193.